The van der Waals surface area contributed by atoms with Gasteiger partial charge in [0.05, 0.1) is 22.9 Å². The van der Waals surface area contributed by atoms with Gasteiger partial charge in [-0.15, -0.1) is 11.3 Å². The van der Waals surface area contributed by atoms with Crippen molar-refractivity contribution in [1.29, 1.82) is 0 Å². The fourth-order valence-corrected chi connectivity index (χ4v) is 4.12. The van der Waals surface area contributed by atoms with E-state index in [1.165, 1.54) is 23.5 Å². The van der Waals surface area contributed by atoms with Crippen LogP contribution in [0.3, 0.4) is 0 Å². The average Bonchev–Trinajstić information content (AvgIpc) is 3.36. The molecule has 31 heavy (non-hydrogen) atoms. The van der Waals surface area contributed by atoms with Gasteiger partial charge in [0, 0.05) is 16.6 Å². The Kier molecular flexibility index (Phi) is 6.06. The quantitative estimate of drug-likeness (QED) is 0.461. The molecule has 1 N–H and O–H groups in total. The SMILES string of the molecule is CCCOc1cccc(NC2=C(c3cccs3)C(=O)N(c3ccc(F)c(Cl)c3)C2=O)c1. The zero-order valence-electron chi connectivity index (χ0n) is 16.5. The maximum absolute atomic E-state index is 13.6. The molecule has 0 fully saturated rings. The molecule has 5 nitrogen and oxygen atoms in total. The van der Waals surface area contributed by atoms with Gasteiger partial charge in [-0.2, -0.15) is 0 Å². The van der Waals surface area contributed by atoms with Gasteiger partial charge >= 0.3 is 0 Å². The van der Waals surface area contributed by atoms with Crippen molar-refractivity contribution in [3.63, 3.8) is 0 Å². The number of nitrogens with one attached hydrogen (secondary N) is 1. The molecule has 0 saturated heterocycles. The smallest absolute Gasteiger partial charge is 0.282 e. The summed E-state index contributed by atoms with van der Waals surface area (Å²) in [5.41, 5.74) is 1.20. The molecular weight excluding hydrogens is 439 g/mol. The highest BCUT2D eigenvalue weighted by molar-refractivity contribution is 7.11. The molecule has 3 aromatic rings. The third-order valence-electron chi connectivity index (χ3n) is 4.59. The van der Waals surface area contributed by atoms with E-state index in [-0.39, 0.29) is 22.0 Å². The number of hydrogen-bond donors (Lipinski definition) is 1. The molecule has 2 heterocycles. The summed E-state index contributed by atoms with van der Waals surface area (Å²) in [6, 6.07) is 14.5. The minimum Gasteiger partial charge on any atom is -0.494 e. The van der Waals surface area contributed by atoms with E-state index >= 15 is 0 Å². The number of amides is 2. The van der Waals surface area contributed by atoms with Gasteiger partial charge in [-0.25, -0.2) is 9.29 Å². The summed E-state index contributed by atoms with van der Waals surface area (Å²) in [7, 11) is 0. The van der Waals surface area contributed by atoms with Crippen LogP contribution in [0.1, 0.15) is 18.2 Å². The fraction of sp³-hybridized carbons (Fsp3) is 0.130. The van der Waals surface area contributed by atoms with Gasteiger partial charge in [-0.3, -0.25) is 9.59 Å². The predicted molar refractivity (Wildman–Crippen MR) is 121 cm³/mol. The van der Waals surface area contributed by atoms with E-state index < -0.39 is 17.6 Å². The van der Waals surface area contributed by atoms with Crippen molar-refractivity contribution in [2.75, 3.05) is 16.8 Å². The van der Waals surface area contributed by atoms with Crippen LogP contribution in [0.15, 0.2) is 65.7 Å². The first-order valence-electron chi connectivity index (χ1n) is 9.61. The first-order valence-corrected chi connectivity index (χ1v) is 10.9. The van der Waals surface area contributed by atoms with Crippen molar-refractivity contribution in [2.45, 2.75) is 13.3 Å². The van der Waals surface area contributed by atoms with E-state index in [0.717, 1.165) is 17.4 Å². The van der Waals surface area contributed by atoms with Gasteiger partial charge in [-0.1, -0.05) is 30.7 Å². The van der Waals surface area contributed by atoms with Crippen LogP contribution in [-0.4, -0.2) is 18.4 Å². The van der Waals surface area contributed by atoms with E-state index in [1.54, 1.807) is 30.3 Å². The summed E-state index contributed by atoms with van der Waals surface area (Å²) in [6.07, 6.45) is 0.869. The maximum atomic E-state index is 13.6. The molecule has 158 valence electrons. The maximum Gasteiger partial charge on any atom is 0.282 e. The van der Waals surface area contributed by atoms with Gasteiger partial charge in [0.2, 0.25) is 0 Å². The topological polar surface area (TPSA) is 58.6 Å². The third-order valence-corrected chi connectivity index (χ3v) is 5.77. The molecular formula is C23H18ClFN2O3S. The molecule has 4 rings (SSSR count). The van der Waals surface area contributed by atoms with Gasteiger partial charge in [0.1, 0.15) is 17.3 Å². The average molecular weight is 457 g/mol. The second-order valence-corrected chi connectivity index (χ2v) is 8.13. The lowest BCUT2D eigenvalue weighted by atomic mass is 10.2. The summed E-state index contributed by atoms with van der Waals surface area (Å²) in [5.74, 6) is -1.02. The van der Waals surface area contributed by atoms with Crippen LogP contribution in [0, 0.1) is 5.82 Å². The summed E-state index contributed by atoms with van der Waals surface area (Å²) < 4.78 is 19.3. The van der Waals surface area contributed by atoms with Gasteiger partial charge in [-0.05, 0) is 48.2 Å². The monoisotopic (exact) mass is 456 g/mol. The van der Waals surface area contributed by atoms with Crippen molar-refractivity contribution in [1.82, 2.24) is 0 Å². The Balaban J connectivity index is 1.73. The number of hydrogen-bond acceptors (Lipinski definition) is 5. The first-order chi connectivity index (χ1) is 15.0. The van der Waals surface area contributed by atoms with Crippen LogP contribution >= 0.6 is 22.9 Å². The summed E-state index contributed by atoms with van der Waals surface area (Å²) in [4.78, 5) is 28.2. The highest BCUT2D eigenvalue weighted by atomic mass is 35.5. The number of rotatable bonds is 7. The molecule has 2 aromatic carbocycles. The number of nitrogens with zero attached hydrogens (tertiary/aromatic N) is 1. The van der Waals surface area contributed by atoms with Crippen LogP contribution in [0.4, 0.5) is 15.8 Å². The lowest BCUT2D eigenvalue weighted by Crippen LogP contribution is -2.32. The zero-order chi connectivity index (χ0) is 22.0. The van der Waals surface area contributed by atoms with Crippen LogP contribution < -0.4 is 15.0 Å². The number of thiophene rings is 1. The Morgan fingerprint density at radius 2 is 1.94 bits per heavy atom. The number of halogens is 2. The second kappa shape index (κ2) is 8.91. The van der Waals surface area contributed by atoms with E-state index in [4.69, 9.17) is 16.3 Å². The van der Waals surface area contributed by atoms with Crippen molar-refractivity contribution >= 4 is 51.7 Å². The third kappa shape index (κ3) is 4.19. The fourth-order valence-electron chi connectivity index (χ4n) is 3.18. The van der Waals surface area contributed by atoms with E-state index in [0.29, 0.717) is 22.9 Å². The number of benzene rings is 2. The molecule has 0 aliphatic carbocycles. The predicted octanol–water partition coefficient (Wildman–Crippen LogP) is 5.73. The number of carbonyl (C=O) groups is 2. The highest BCUT2D eigenvalue weighted by Gasteiger charge is 2.41. The summed E-state index contributed by atoms with van der Waals surface area (Å²) >= 11 is 7.23. The molecule has 8 heteroatoms. The molecule has 0 radical (unpaired) electrons. The van der Waals surface area contributed by atoms with Gasteiger partial charge in [0.25, 0.3) is 11.8 Å². The Morgan fingerprint density at radius 1 is 1.10 bits per heavy atom. The van der Waals surface area contributed by atoms with Crippen molar-refractivity contribution in [2.24, 2.45) is 0 Å². The Labute approximate surface area is 187 Å². The molecule has 1 aliphatic rings. The van der Waals surface area contributed by atoms with Crippen LogP contribution in [0.5, 0.6) is 5.75 Å². The van der Waals surface area contributed by atoms with Crippen molar-refractivity contribution in [3.05, 3.63) is 81.4 Å². The molecule has 2 amide bonds. The van der Waals surface area contributed by atoms with E-state index in [2.05, 4.69) is 5.32 Å². The minimum absolute atomic E-state index is 0.139. The Hall–Kier alpha value is -3.16. The molecule has 1 aliphatic heterocycles. The second-order valence-electron chi connectivity index (χ2n) is 6.77. The van der Waals surface area contributed by atoms with Gasteiger partial charge < -0.3 is 10.1 Å². The zero-order valence-corrected chi connectivity index (χ0v) is 18.1. The number of ether oxygens (including phenoxy) is 1. The molecule has 0 bridgehead atoms. The normalized spacial score (nSPS) is 13.8. The van der Waals surface area contributed by atoms with E-state index in [9.17, 15) is 14.0 Å². The van der Waals surface area contributed by atoms with Crippen molar-refractivity contribution < 1.29 is 18.7 Å². The minimum atomic E-state index is -0.627. The standard InChI is InChI=1S/C23H18ClFN2O3S/c1-2-10-30-16-6-3-5-14(12-16)26-21-20(19-7-4-11-31-19)22(28)27(23(21)29)15-8-9-18(25)17(24)13-15/h3-9,11-13,26H,2,10H2,1H3. The Bertz CT molecular complexity index is 1180. The highest BCUT2D eigenvalue weighted by Crippen LogP contribution is 2.36. The number of anilines is 2. The lowest BCUT2D eigenvalue weighted by Gasteiger charge is -2.16. The lowest BCUT2D eigenvalue weighted by molar-refractivity contribution is -0.120. The van der Waals surface area contributed by atoms with Crippen LogP contribution in [0.2, 0.25) is 5.02 Å². The van der Waals surface area contributed by atoms with Crippen LogP contribution in [-0.2, 0) is 9.59 Å². The summed E-state index contributed by atoms with van der Waals surface area (Å²) in [5, 5.41) is 4.75. The molecule has 0 saturated carbocycles. The first kappa shape index (κ1) is 21.1. The number of imide groups is 1. The number of carbonyl (C=O) groups excluding carboxylic acids is 2. The molecule has 1 aromatic heterocycles. The molecule has 0 atom stereocenters. The molecule has 0 spiro atoms. The van der Waals surface area contributed by atoms with E-state index in [1.807, 2.05) is 18.4 Å². The largest absolute Gasteiger partial charge is 0.494 e. The molecule has 0 unspecified atom stereocenters. The summed E-state index contributed by atoms with van der Waals surface area (Å²) in [6.45, 7) is 2.59. The van der Waals surface area contributed by atoms with Crippen LogP contribution in [0.25, 0.3) is 5.57 Å². The van der Waals surface area contributed by atoms with Crippen molar-refractivity contribution in [3.8, 4) is 5.75 Å². The Morgan fingerprint density at radius 3 is 2.65 bits per heavy atom. The van der Waals surface area contributed by atoms with Gasteiger partial charge in [0.15, 0.2) is 0 Å².